The molecule has 0 aliphatic rings. The number of benzene rings is 3. The molecule has 1 heterocycles. The Morgan fingerprint density at radius 3 is 2.12 bits per heavy atom. The SMILES string of the molecule is CC(C)(C)c1ccc(-c2ccc3c(ccn3Cc3ccccc3)c2)cc1. The fraction of sp³-hybridized carbons (Fsp3) is 0.200. The number of hydrogen-bond acceptors (Lipinski definition) is 0. The van der Waals surface area contributed by atoms with Crippen LogP contribution in [0.5, 0.6) is 0 Å². The quantitative estimate of drug-likeness (QED) is 0.393. The van der Waals surface area contributed by atoms with Gasteiger partial charge in [0.25, 0.3) is 0 Å². The molecule has 0 amide bonds. The van der Waals surface area contributed by atoms with Gasteiger partial charge in [-0.2, -0.15) is 0 Å². The third kappa shape index (κ3) is 3.30. The summed E-state index contributed by atoms with van der Waals surface area (Å²) in [7, 11) is 0. The van der Waals surface area contributed by atoms with Gasteiger partial charge in [0.05, 0.1) is 0 Å². The van der Waals surface area contributed by atoms with Crippen LogP contribution in [0.25, 0.3) is 22.0 Å². The first-order chi connectivity index (χ1) is 12.5. The van der Waals surface area contributed by atoms with Crippen molar-refractivity contribution in [3.63, 3.8) is 0 Å². The first-order valence-corrected chi connectivity index (χ1v) is 9.24. The molecule has 4 aromatic rings. The lowest BCUT2D eigenvalue weighted by atomic mass is 9.86. The van der Waals surface area contributed by atoms with Crippen LogP contribution >= 0.6 is 0 Å². The Kier molecular flexibility index (Phi) is 4.16. The zero-order valence-electron chi connectivity index (χ0n) is 15.7. The normalized spacial score (nSPS) is 11.8. The van der Waals surface area contributed by atoms with Crippen LogP contribution in [0, 0.1) is 0 Å². The fourth-order valence-electron chi connectivity index (χ4n) is 3.46. The van der Waals surface area contributed by atoms with Gasteiger partial charge in [0.1, 0.15) is 0 Å². The number of hydrogen-bond donors (Lipinski definition) is 0. The van der Waals surface area contributed by atoms with E-state index in [0.29, 0.717) is 0 Å². The third-order valence-electron chi connectivity index (χ3n) is 5.05. The van der Waals surface area contributed by atoms with Crippen LogP contribution in [-0.4, -0.2) is 4.57 Å². The summed E-state index contributed by atoms with van der Waals surface area (Å²) in [6.07, 6.45) is 2.18. The van der Waals surface area contributed by atoms with Crippen LogP contribution in [0.3, 0.4) is 0 Å². The van der Waals surface area contributed by atoms with Gasteiger partial charge in [-0.05, 0) is 45.9 Å². The third-order valence-corrected chi connectivity index (χ3v) is 5.05. The summed E-state index contributed by atoms with van der Waals surface area (Å²) >= 11 is 0. The van der Waals surface area contributed by atoms with Crippen molar-refractivity contribution in [2.45, 2.75) is 32.7 Å². The molecule has 0 bridgehead atoms. The lowest BCUT2D eigenvalue weighted by Crippen LogP contribution is -2.10. The predicted octanol–water partition coefficient (Wildman–Crippen LogP) is 6.65. The maximum absolute atomic E-state index is 2.32. The molecular weight excluding hydrogens is 314 g/mol. The average molecular weight is 339 g/mol. The van der Waals surface area contributed by atoms with Crippen molar-refractivity contribution in [3.8, 4) is 11.1 Å². The summed E-state index contributed by atoms with van der Waals surface area (Å²) in [5.74, 6) is 0. The maximum Gasteiger partial charge on any atom is 0.0483 e. The molecule has 0 spiro atoms. The van der Waals surface area contributed by atoms with Gasteiger partial charge in [0, 0.05) is 23.6 Å². The van der Waals surface area contributed by atoms with Crippen molar-refractivity contribution >= 4 is 10.9 Å². The predicted molar refractivity (Wildman–Crippen MR) is 112 cm³/mol. The Bertz CT molecular complexity index is 1020. The van der Waals surface area contributed by atoms with Crippen molar-refractivity contribution < 1.29 is 0 Å². The van der Waals surface area contributed by atoms with E-state index in [1.54, 1.807) is 0 Å². The van der Waals surface area contributed by atoms with Gasteiger partial charge in [0.2, 0.25) is 0 Å². The molecule has 0 aliphatic heterocycles. The molecule has 1 heteroatoms. The second-order valence-electron chi connectivity index (χ2n) is 8.03. The number of aromatic nitrogens is 1. The molecular formula is C25H25N. The molecule has 0 saturated heterocycles. The molecule has 4 rings (SSSR count). The topological polar surface area (TPSA) is 4.93 Å². The van der Waals surface area contributed by atoms with Crippen LogP contribution in [0.1, 0.15) is 31.9 Å². The molecule has 0 atom stereocenters. The van der Waals surface area contributed by atoms with Crippen LogP contribution < -0.4 is 0 Å². The fourth-order valence-corrected chi connectivity index (χ4v) is 3.46. The van der Waals surface area contributed by atoms with Crippen LogP contribution in [-0.2, 0) is 12.0 Å². The number of fused-ring (bicyclic) bond motifs is 1. The zero-order valence-corrected chi connectivity index (χ0v) is 15.7. The Morgan fingerprint density at radius 2 is 1.42 bits per heavy atom. The van der Waals surface area contributed by atoms with E-state index in [9.17, 15) is 0 Å². The molecule has 0 fully saturated rings. The zero-order chi connectivity index (χ0) is 18.1. The van der Waals surface area contributed by atoms with Gasteiger partial charge < -0.3 is 4.57 Å². The van der Waals surface area contributed by atoms with E-state index in [1.807, 2.05) is 0 Å². The molecule has 0 N–H and O–H groups in total. The highest BCUT2D eigenvalue weighted by molar-refractivity contribution is 5.85. The summed E-state index contributed by atoms with van der Waals surface area (Å²) in [6.45, 7) is 7.67. The minimum absolute atomic E-state index is 0.192. The van der Waals surface area contributed by atoms with Crippen molar-refractivity contribution in [1.82, 2.24) is 4.57 Å². The highest BCUT2D eigenvalue weighted by Gasteiger charge is 2.13. The van der Waals surface area contributed by atoms with E-state index in [4.69, 9.17) is 0 Å². The molecule has 0 aliphatic carbocycles. The van der Waals surface area contributed by atoms with Crippen molar-refractivity contribution in [3.05, 3.63) is 96.2 Å². The lowest BCUT2D eigenvalue weighted by Gasteiger charge is -2.19. The van der Waals surface area contributed by atoms with Gasteiger partial charge >= 0.3 is 0 Å². The second-order valence-corrected chi connectivity index (χ2v) is 8.03. The smallest absolute Gasteiger partial charge is 0.0483 e. The average Bonchev–Trinajstić information content (AvgIpc) is 3.04. The first-order valence-electron chi connectivity index (χ1n) is 9.24. The summed E-state index contributed by atoms with van der Waals surface area (Å²) < 4.78 is 2.32. The second kappa shape index (κ2) is 6.49. The van der Waals surface area contributed by atoms with E-state index in [0.717, 1.165) is 6.54 Å². The standard InChI is InChI=1S/C25H25N/c1-25(2,3)23-12-9-20(10-13-23)21-11-14-24-22(17-21)15-16-26(24)18-19-7-5-4-6-8-19/h4-17H,18H2,1-3H3. The van der Waals surface area contributed by atoms with Crippen LogP contribution in [0.4, 0.5) is 0 Å². The molecule has 0 radical (unpaired) electrons. The number of nitrogens with zero attached hydrogens (tertiary/aromatic N) is 1. The molecule has 26 heavy (non-hydrogen) atoms. The monoisotopic (exact) mass is 339 g/mol. The molecule has 1 aromatic heterocycles. The molecule has 3 aromatic carbocycles. The van der Waals surface area contributed by atoms with E-state index >= 15 is 0 Å². The van der Waals surface area contributed by atoms with Gasteiger partial charge in [-0.3, -0.25) is 0 Å². The Morgan fingerprint density at radius 1 is 0.731 bits per heavy atom. The Hall–Kier alpha value is -2.80. The largest absolute Gasteiger partial charge is 0.343 e. The van der Waals surface area contributed by atoms with Crippen LogP contribution in [0.2, 0.25) is 0 Å². The minimum Gasteiger partial charge on any atom is -0.343 e. The summed E-state index contributed by atoms with van der Waals surface area (Å²) in [5, 5.41) is 1.29. The summed E-state index contributed by atoms with van der Waals surface area (Å²) in [4.78, 5) is 0. The van der Waals surface area contributed by atoms with E-state index in [2.05, 4.69) is 110 Å². The molecule has 130 valence electrons. The van der Waals surface area contributed by atoms with Crippen molar-refractivity contribution in [2.75, 3.05) is 0 Å². The highest BCUT2D eigenvalue weighted by atomic mass is 14.9. The Labute approximate surface area is 155 Å². The van der Waals surface area contributed by atoms with Crippen LogP contribution in [0.15, 0.2) is 85.1 Å². The molecule has 1 nitrogen and oxygen atoms in total. The van der Waals surface area contributed by atoms with Gasteiger partial charge in [-0.25, -0.2) is 0 Å². The molecule has 0 unspecified atom stereocenters. The molecule has 0 saturated carbocycles. The Balaban J connectivity index is 1.64. The summed E-state index contributed by atoms with van der Waals surface area (Å²) in [6, 6.07) is 28.6. The maximum atomic E-state index is 2.32. The van der Waals surface area contributed by atoms with Gasteiger partial charge in [-0.1, -0.05) is 81.4 Å². The minimum atomic E-state index is 0.192. The number of rotatable bonds is 3. The first kappa shape index (κ1) is 16.7. The van der Waals surface area contributed by atoms with Gasteiger partial charge in [-0.15, -0.1) is 0 Å². The van der Waals surface area contributed by atoms with Crippen molar-refractivity contribution in [2.24, 2.45) is 0 Å². The van der Waals surface area contributed by atoms with Gasteiger partial charge in [0.15, 0.2) is 0 Å². The van der Waals surface area contributed by atoms with E-state index in [1.165, 1.54) is 33.2 Å². The van der Waals surface area contributed by atoms with E-state index in [-0.39, 0.29) is 5.41 Å². The highest BCUT2D eigenvalue weighted by Crippen LogP contribution is 2.28. The lowest BCUT2D eigenvalue weighted by molar-refractivity contribution is 0.590. The van der Waals surface area contributed by atoms with E-state index < -0.39 is 0 Å². The van der Waals surface area contributed by atoms with Crippen molar-refractivity contribution in [1.29, 1.82) is 0 Å². The summed E-state index contributed by atoms with van der Waals surface area (Å²) in [5.41, 5.74) is 6.72.